The van der Waals surface area contributed by atoms with Gasteiger partial charge in [-0.25, -0.2) is 0 Å². The summed E-state index contributed by atoms with van der Waals surface area (Å²) < 4.78 is 0. The fourth-order valence-corrected chi connectivity index (χ4v) is 2.64. The van der Waals surface area contributed by atoms with Gasteiger partial charge in [0.2, 0.25) is 0 Å². The van der Waals surface area contributed by atoms with Crippen LogP contribution in [0.2, 0.25) is 0 Å². The molecule has 0 aromatic heterocycles. The molecule has 0 heterocycles. The van der Waals surface area contributed by atoms with Gasteiger partial charge in [-0.05, 0) is 38.0 Å². The van der Waals surface area contributed by atoms with Crippen LogP contribution in [0.5, 0.6) is 0 Å². The molecule has 0 rings (SSSR count). The van der Waals surface area contributed by atoms with Crippen LogP contribution in [-0.4, -0.2) is 11.6 Å². The molecule has 2 heteroatoms. The van der Waals surface area contributed by atoms with Crippen molar-refractivity contribution < 1.29 is 9.59 Å². The van der Waals surface area contributed by atoms with Crippen LogP contribution < -0.4 is 0 Å². The van der Waals surface area contributed by atoms with E-state index >= 15 is 0 Å². The highest BCUT2D eigenvalue weighted by Crippen LogP contribution is 2.27. The number of carbonyl (C=O) groups excluding carboxylic acids is 2. The van der Waals surface area contributed by atoms with Crippen molar-refractivity contribution in [3.05, 3.63) is 12.2 Å². The van der Waals surface area contributed by atoms with Crippen LogP contribution in [0.4, 0.5) is 0 Å². The van der Waals surface area contributed by atoms with E-state index < -0.39 is 0 Å². The number of Topliss-reactive ketones (excluding diaryl/α,β-unsaturated/α-hetero) is 2. The molecule has 0 radical (unpaired) electrons. The van der Waals surface area contributed by atoms with Crippen LogP contribution in [-0.2, 0) is 9.59 Å². The predicted molar refractivity (Wildman–Crippen MR) is 81.1 cm³/mol. The molecule has 110 valence electrons. The Bertz CT molecular complexity index is 334. The average molecular weight is 266 g/mol. The summed E-state index contributed by atoms with van der Waals surface area (Å²) in [5, 5.41) is 0. The summed E-state index contributed by atoms with van der Waals surface area (Å²) in [6.45, 7) is 16.0. The quantitative estimate of drug-likeness (QED) is 0.603. The minimum Gasteiger partial charge on any atom is -0.300 e. The van der Waals surface area contributed by atoms with E-state index in [4.69, 9.17) is 0 Å². The highest BCUT2D eigenvalue weighted by molar-refractivity contribution is 5.86. The molecule has 2 unspecified atom stereocenters. The molecular formula is C17H30O2. The first-order chi connectivity index (χ1) is 8.51. The van der Waals surface area contributed by atoms with Gasteiger partial charge in [0.25, 0.3) is 0 Å². The van der Waals surface area contributed by atoms with E-state index in [0.29, 0.717) is 25.2 Å². The highest BCUT2D eigenvalue weighted by atomic mass is 16.1. The third-order valence-electron chi connectivity index (χ3n) is 3.18. The molecule has 2 atom stereocenters. The molecule has 0 N–H and O–H groups in total. The minimum atomic E-state index is -0.174. The molecule has 0 aliphatic carbocycles. The zero-order valence-corrected chi connectivity index (χ0v) is 13.5. The van der Waals surface area contributed by atoms with Crippen molar-refractivity contribution in [2.75, 3.05) is 0 Å². The molecule has 0 aliphatic heterocycles. The van der Waals surface area contributed by atoms with Crippen molar-refractivity contribution in [1.82, 2.24) is 0 Å². The summed E-state index contributed by atoms with van der Waals surface area (Å²) >= 11 is 0. The lowest BCUT2D eigenvalue weighted by Crippen LogP contribution is -2.19. The smallest absolute Gasteiger partial charge is 0.133 e. The molecular weight excluding hydrogens is 236 g/mol. The second-order valence-electron chi connectivity index (χ2n) is 7.29. The van der Waals surface area contributed by atoms with Gasteiger partial charge in [0, 0.05) is 18.8 Å². The second-order valence-corrected chi connectivity index (χ2v) is 7.29. The molecule has 0 fully saturated rings. The van der Waals surface area contributed by atoms with E-state index in [1.54, 1.807) is 6.92 Å². The van der Waals surface area contributed by atoms with Gasteiger partial charge in [-0.15, -0.1) is 6.58 Å². The third kappa shape index (κ3) is 9.63. The molecule has 0 bridgehead atoms. The summed E-state index contributed by atoms with van der Waals surface area (Å²) in [5.74, 6) is 0.509. The molecule has 0 saturated heterocycles. The van der Waals surface area contributed by atoms with Crippen molar-refractivity contribution in [2.24, 2.45) is 17.3 Å². The Kier molecular flexibility index (Phi) is 7.25. The van der Waals surface area contributed by atoms with Gasteiger partial charge < -0.3 is 0 Å². The maximum absolute atomic E-state index is 12.1. The summed E-state index contributed by atoms with van der Waals surface area (Å²) in [6, 6.07) is 0. The van der Waals surface area contributed by atoms with Gasteiger partial charge in [-0.3, -0.25) is 9.59 Å². The van der Waals surface area contributed by atoms with E-state index in [1.165, 1.54) is 0 Å². The van der Waals surface area contributed by atoms with Crippen molar-refractivity contribution in [3.8, 4) is 0 Å². The monoisotopic (exact) mass is 266 g/mol. The fraction of sp³-hybridized carbons (Fsp3) is 0.765. The average Bonchev–Trinajstić information content (AvgIpc) is 2.11. The van der Waals surface area contributed by atoms with Gasteiger partial charge in [0.1, 0.15) is 11.6 Å². The van der Waals surface area contributed by atoms with Crippen molar-refractivity contribution in [1.29, 1.82) is 0 Å². The largest absolute Gasteiger partial charge is 0.300 e. The van der Waals surface area contributed by atoms with Crippen molar-refractivity contribution >= 4 is 11.6 Å². The standard InChI is InChI=1S/C17H30O2/c1-12(2)8-15(14(4)18)10-16(19)9-13(3)11-17(5,6)7/h13,15H,1,8-11H2,2-7H3. The van der Waals surface area contributed by atoms with Crippen LogP contribution in [0.1, 0.15) is 67.2 Å². The second kappa shape index (κ2) is 7.62. The van der Waals surface area contributed by atoms with Crippen LogP contribution in [0.15, 0.2) is 12.2 Å². The molecule has 0 amide bonds. The Labute approximate surface area is 118 Å². The SMILES string of the molecule is C=C(C)CC(CC(=O)CC(C)CC(C)(C)C)C(C)=O. The van der Waals surface area contributed by atoms with Crippen molar-refractivity contribution in [3.63, 3.8) is 0 Å². The molecule has 2 nitrogen and oxygen atoms in total. The van der Waals surface area contributed by atoms with E-state index in [0.717, 1.165) is 12.0 Å². The maximum atomic E-state index is 12.1. The molecule has 0 aromatic rings. The number of ketones is 2. The number of hydrogen-bond donors (Lipinski definition) is 0. The summed E-state index contributed by atoms with van der Waals surface area (Å²) in [6.07, 6.45) is 2.62. The summed E-state index contributed by atoms with van der Waals surface area (Å²) in [4.78, 5) is 23.6. The van der Waals surface area contributed by atoms with Gasteiger partial charge in [0.15, 0.2) is 0 Å². The normalized spacial score (nSPS) is 14.8. The van der Waals surface area contributed by atoms with Crippen LogP contribution in [0.3, 0.4) is 0 Å². The van der Waals surface area contributed by atoms with E-state index in [1.807, 2.05) is 6.92 Å². The Morgan fingerprint density at radius 3 is 1.95 bits per heavy atom. The molecule has 0 aromatic carbocycles. The number of rotatable bonds is 8. The lowest BCUT2D eigenvalue weighted by Gasteiger charge is -2.23. The fourth-order valence-electron chi connectivity index (χ4n) is 2.64. The van der Waals surface area contributed by atoms with E-state index in [9.17, 15) is 9.59 Å². The zero-order valence-electron chi connectivity index (χ0n) is 13.5. The Balaban J connectivity index is 4.34. The minimum absolute atomic E-state index is 0.0971. The van der Waals surface area contributed by atoms with E-state index in [2.05, 4.69) is 34.3 Å². The Morgan fingerprint density at radius 1 is 1.05 bits per heavy atom. The van der Waals surface area contributed by atoms with Crippen LogP contribution in [0.25, 0.3) is 0 Å². The summed E-state index contributed by atoms with van der Waals surface area (Å²) in [5.41, 5.74) is 1.22. The van der Waals surface area contributed by atoms with Crippen molar-refractivity contribution in [2.45, 2.75) is 67.2 Å². The molecule has 19 heavy (non-hydrogen) atoms. The Morgan fingerprint density at radius 2 is 1.58 bits per heavy atom. The number of hydrogen-bond acceptors (Lipinski definition) is 2. The lowest BCUT2D eigenvalue weighted by molar-refractivity contribution is -0.127. The van der Waals surface area contributed by atoms with E-state index in [-0.39, 0.29) is 22.9 Å². The number of carbonyl (C=O) groups is 2. The third-order valence-corrected chi connectivity index (χ3v) is 3.18. The zero-order chi connectivity index (χ0) is 15.2. The first-order valence-electron chi connectivity index (χ1n) is 7.18. The lowest BCUT2D eigenvalue weighted by atomic mass is 9.82. The van der Waals surface area contributed by atoms with Gasteiger partial charge in [0.05, 0.1) is 0 Å². The highest BCUT2D eigenvalue weighted by Gasteiger charge is 2.22. The number of allylic oxidation sites excluding steroid dienone is 1. The first kappa shape index (κ1) is 18.1. The van der Waals surface area contributed by atoms with Crippen LogP contribution in [0, 0.1) is 17.3 Å². The van der Waals surface area contributed by atoms with Gasteiger partial charge in [-0.2, -0.15) is 0 Å². The molecule has 0 saturated carbocycles. The van der Waals surface area contributed by atoms with Gasteiger partial charge in [-0.1, -0.05) is 33.3 Å². The first-order valence-corrected chi connectivity index (χ1v) is 7.18. The van der Waals surface area contributed by atoms with Gasteiger partial charge >= 0.3 is 0 Å². The predicted octanol–water partition coefficient (Wildman–Crippen LogP) is 4.58. The Hall–Kier alpha value is -0.920. The maximum Gasteiger partial charge on any atom is 0.133 e. The van der Waals surface area contributed by atoms with Crippen LogP contribution >= 0.6 is 0 Å². The topological polar surface area (TPSA) is 34.1 Å². The molecule has 0 spiro atoms. The molecule has 0 aliphatic rings. The summed E-state index contributed by atoms with van der Waals surface area (Å²) in [7, 11) is 0.